The van der Waals surface area contributed by atoms with Crippen molar-refractivity contribution >= 4 is 17.6 Å². The van der Waals surface area contributed by atoms with Crippen LogP contribution in [0.2, 0.25) is 12.1 Å². The molecule has 0 aliphatic carbocycles. The molecule has 258 valence electrons. The molecule has 10 atom stereocenters. The van der Waals surface area contributed by atoms with Crippen molar-refractivity contribution in [3.63, 3.8) is 0 Å². The van der Waals surface area contributed by atoms with Gasteiger partial charge in [-0.3, -0.25) is 0 Å². The zero-order valence-electron chi connectivity index (χ0n) is 26.4. The smallest absolute Gasteiger partial charge is 0.390 e. The maximum Gasteiger partial charge on any atom is 0.492 e. The third-order valence-corrected chi connectivity index (χ3v) is 9.82. The number of ether oxygens (including phenoxy) is 8. The molecule has 0 saturated carbocycles. The second-order valence-electron chi connectivity index (χ2n) is 11.5. The molecule has 0 amide bonds. The average molecular weight is 671 g/mol. The first-order valence-corrected chi connectivity index (χ1v) is 19.3. The lowest BCUT2D eigenvalue weighted by Gasteiger charge is -2.49. The summed E-state index contributed by atoms with van der Waals surface area (Å²) in [6.07, 6.45) is -0.407. The molecular weight excluding hydrogens is 616 g/mol. The Morgan fingerprint density at radius 2 is 1.25 bits per heavy atom. The van der Waals surface area contributed by atoms with E-state index in [9.17, 15) is 28.8 Å². The molecule has 44 heavy (non-hydrogen) atoms. The van der Waals surface area contributed by atoms with E-state index < -0.39 is 54.4 Å². The van der Waals surface area contributed by atoms with Crippen LogP contribution in [0, 0.1) is 11.8 Å². The predicted octanol–water partition coefficient (Wildman–Crippen LogP) is -0.0416. The van der Waals surface area contributed by atoms with Crippen molar-refractivity contribution in [3.05, 3.63) is 25.3 Å². The number of rotatable bonds is 21. The van der Waals surface area contributed by atoms with Crippen molar-refractivity contribution < 1.29 is 66.7 Å². The minimum Gasteiger partial charge on any atom is -0.390 e. The largest absolute Gasteiger partial charge is 0.492 e. The van der Waals surface area contributed by atoms with Gasteiger partial charge in [0.15, 0.2) is 6.29 Å². The van der Waals surface area contributed by atoms with Crippen LogP contribution >= 0.6 is 0 Å². The Balaban J connectivity index is 2.26. The molecule has 2 aliphatic heterocycles. The van der Waals surface area contributed by atoms with Crippen LogP contribution in [0.1, 0.15) is 33.6 Å². The molecule has 0 radical (unpaired) electrons. The van der Waals surface area contributed by atoms with Crippen LogP contribution in [-0.4, -0.2) is 142 Å². The van der Waals surface area contributed by atoms with E-state index in [4.69, 9.17) is 37.9 Å². The van der Waals surface area contributed by atoms with Crippen molar-refractivity contribution in [1.82, 2.24) is 0 Å². The zero-order valence-corrected chi connectivity index (χ0v) is 28.4. The molecule has 0 aromatic rings. The molecule has 0 aromatic carbocycles. The van der Waals surface area contributed by atoms with E-state index in [2.05, 4.69) is 13.2 Å². The Morgan fingerprint density at radius 3 is 1.84 bits per heavy atom. The van der Waals surface area contributed by atoms with Gasteiger partial charge in [0.05, 0.1) is 50.8 Å². The highest BCUT2D eigenvalue weighted by molar-refractivity contribution is 6.56. The predicted molar refractivity (Wildman–Crippen MR) is 162 cm³/mol. The highest BCUT2D eigenvalue weighted by atomic mass is 28.4. The van der Waals surface area contributed by atoms with Gasteiger partial charge >= 0.3 is 17.6 Å². The fourth-order valence-corrected chi connectivity index (χ4v) is 6.94. The molecular formula is C28H54O14Si2. The summed E-state index contributed by atoms with van der Waals surface area (Å²) in [6, 6.07) is -0.293. The lowest BCUT2D eigenvalue weighted by Crippen LogP contribution is -2.61. The van der Waals surface area contributed by atoms with Gasteiger partial charge in [-0.25, -0.2) is 0 Å². The van der Waals surface area contributed by atoms with Crippen LogP contribution < -0.4 is 0 Å². The van der Waals surface area contributed by atoms with E-state index in [1.807, 2.05) is 20.8 Å². The summed E-state index contributed by atoms with van der Waals surface area (Å²) in [7, 11) is -6.73. The monoisotopic (exact) mass is 670 g/mol. The van der Waals surface area contributed by atoms with Crippen molar-refractivity contribution in [3.8, 4) is 0 Å². The minimum atomic E-state index is -4.18. The van der Waals surface area contributed by atoms with E-state index in [1.165, 1.54) is 0 Å². The third kappa shape index (κ3) is 13.2. The highest BCUT2D eigenvalue weighted by Crippen LogP contribution is 2.36. The lowest BCUT2D eigenvalue weighted by molar-refractivity contribution is -0.337. The number of hydrogen-bond acceptors (Lipinski definition) is 14. The summed E-state index contributed by atoms with van der Waals surface area (Å²) in [5.41, 5.74) is 0. The molecule has 0 spiro atoms. The van der Waals surface area contributed by atoms with Gasteiger partial charge in [0.25, 0.3) is 0 Å². The maximum atomic E-state index is 9.36. The SMILES string of the molecule is C=CCOC[C@H]1O[C@@H](O[C@H]2[C@H](C)[C@@H](OCCC[Si](O)(O)O)[C@H](C)O[C@@H]2COCCC[Si](O)(O)O)[C@H](OCC=C)[C@@H](C)[C@@H]1OC. The first kappa shape index (κ1) is 39.5. The Labute approximate surface area is 262 Å². The zero-order chi connectivity index (χ0) is 32.9. The summed E-state index contributed by atoms with van der Waals surface area (Å²) in [4.78, 5) is 56.0. The Bertz CT molecular complexity index is 821. The van der Waals surface area contributed by atoms with Gasteiger partial charge in [-0.2, -0.15) is 0 Å². The van der Waals surface area contributed by atoms with Crippen molar-refractivity contribution in [1.29, 1.82) is 0 Å². The summed E-state index contributed by atoms with van der Waals surface area (Å²) >= 11 is 0. The highest BCUT2D eigenvalue weighted by Gasteiger charge is 2.50. The van der Waals surface area contributed by atoms with Crippen LogP contribution in [0.25, 0.3) is 0 Å². The van der Waals surface area contributed by atoms with Crippen LogP contribution in [0.5, 0.6) is 0 Å². The van der Waals surface area contributed by atoms with E-state index in [0.717, 1.165) is 0 Å². The van der Waals surface area contributed by atoms with Gasteiger partial charge in [0, 0.05) is 44.2 Å². The van der Waals surface area contributed by atoms with E-state index in [1.54, 1.807) is 19.3 Å². The van der Waals surface area contributed by atoms with Gasteiger partial charge in [0.1, 0.15) is 18.3 Å². The molecule has 2 saturated heterocycles. The molecule has 0 aromatic heterocycles. The van der Waals surface area contributed by atoms with Crippen LogP contribution in [0.15, 0.2) is 25.3 Å². The van der Waals surface area contributed by atoms with Crippen molar-refractivity contribution in [2.24, 2.45) is 11.8 Å². The van der Waals surface area contributed by atoms with Crippen molar-refractivity contribution in [2.45, 2.75) is 94.7 Å². The molecule has 2 aliphatic rings. The topological polar surface area (TPSA) is 195 Å². The molecule has 0 bridgehead atoms. The Morgan fingerprint density at radius 1 is 0.682 bits per heavy atom. The quantitative estimate of drug-likeness (QED) is 0.0541. The Kier molecular flexibility index (Phi) is 17.3. The van der Waals surface area contributed by atoms with Crippen molar-refractivity contribution in [2.75, 3.05) is 46.8 Å². The number of hydrogen-bond donors (Lipinski definition) is 6. The van der Waals surface area contributed by atoms with Crippen LogP contribution in [0.3, 0.4) is 0 Å². The van der Waals surface area contributed by atoms with Crippen LogP contribution in [0.4, 0.5) is 0 Å². The lowest BCUT2D eigenvalue weighted by atomic mass is 9.87. The van der Waals surface area contributed by atoms with Gasteiger partial charge in [-0.15, -0.1) is 13.2 Å². The van der Waals surface area contributed by atoms with Gasteiger partial charge in [-0.05, 0) is 19.8 Å². The molecule has 0 unspecified atom stereocenters. The second-order valence-corrected chi connectivity index (χ2v) is 15.6. The fraction of sp³-hybridized carbons (Fsp3) is 0.857. The summed E-state index contributed by atoms with van der Waals surface area (Å²) in [5, 5.41) is 0. The van der Waals surface area contributed by atoms with Gasteiger partial charge in [0.2, 0.25) is 0 Å². The van der Waals surface area contributed by atoms with Gasteiger partial charge in [-0.1, -0.05) is 26.0 Å². The van der Waals surface area contributed by atoms with Gasteiger partial charge < -0.3 is 66.7 Å². The molecule has 2 heterocycles. The molecule has 14 nitrogen and oxygen atoms in total. The normalized spacial score (nSPS) is 33.3. The first-order valence-electron chi connectivity index (χ1n) is 15.2. The Hall–Kier alpha value is -0.646. The average Bonchev–Trinajstić information content (AvgIpc) is 2.93. The summed E-state index contributed by atoms with van der Waals surface area (Å²) in [6.45, 7) is 14.6. The maximum absolute atomic E-state index is 9.36. The van der Waals surface area contributed by atoms with E-state index >= 15 is 0 Å². The van der Waals surface area contributed by atoms with E-state index in [-0.39, 0.29) is 82.0 Å². The molecule has 2 rings (SSSR count). The fourth-order valence-electron chi connectivity index (χ4n) is 5.70. The molecule has 16 heteroatoms. The minimum absolute atomic E-state index is 0.115. The summed E-state index contributed by atoms with van der Waals surface area (Å²) < 4.78 is 49.0. The van der Waals surface area contributed by atoms with Crippen LogP contribution in [-0.2, 0) is 37.9 Å². The number of methoxy groups -OCH3 is 1. The first-order chi connectivity index (χ1) is 20.7. The second kappa shape index (κ2) is 19.2. The third-order valence-electron chi connectivity index (χ3n) is 7.77. The summed E-state index contributed by atoms with van der Waals surface area (Å²) in [5.74, 6) is -0.412. The molecule has 6 N–H and O–H groups in total. The van der Waals surface area contributed by atoms with E-state index in [0.29, 0.717) is 6.61 Å². The molecule has 2 fully saturated rings. The standard InChI is InChI=1S/C28H54O14Si2/c1-7-11-36-17-22-25(35-6)20(4)27(38-12-8-2)28(41-22)42-26-19(3)24(39-14-10-16-44(32,33)34)21(5)40-23(26)18-37-13-9-15-43(29,30)31/h7-8,19-34H,1-2,9-18H2,3-6H3/t19-,20+,21+,22-,23-,24-,25+,26+,27-,28+/m1/s1.